The molecule has 0 bridgehead atoms. The highest BCUT2D eigenvalue weighted by Crippen LogP contribution is 2.38. The molecule has 0 aliphatic rings. The molecule has 0 fully saturated rings. The van der Waals surface area contributed by atoms with Gasteiger partial charge in [-0.15, -0.1) is 0 Å². The lowest BCUT2D eigenvalue weighted by Gasteiger charge is -2.13. The number of halogens is 4. The Bertz CT molecular complexity index is 1070. The number of benzene rings is 2. The van der Waals surface area contributed by atoms with Crippen molar-refractivity contribution in [1.29, 1.82) is 5.26 Å². The van der Waals surface area contributed by atoms with E-state index in [1.54, 1.807) is 6.07 Å². The van der Waals surface area contributed by atoms with E-state index >= 15 is 0 Å². The number of alkyl halides is 3. The second-order valence-corrected chi connectivity index (χ2v) is 6.16. The third-order valence-electron chi connectivity index (χ3n) is 3.56. The van der Waals surface area contributed by atoms with Crippen LogP contribution in [0.5, 0.6) is 5.75 Å². The van der Waals surface area contributed by atoms with Gasteiger partial charge in [0.1, 0.15) is 17.4 Å². The fourth-order valence-corrected chi connectivity index (χ4v) is 2.72. The zero-order valence-corrected chi connectivity index (χ0v) is 14.5. The number of fused-ring (bicyclic) bond motifs is 1. The number of rotatable bonds is 3. The fourth-order valence-electron chi connectivity index (χ4n) is 2.46. The Kier molecular flexibility index (Phi) is 4.74. The van der Waals surface area contributed by atoms with E-state index in [1.807, 2.05) is 0 Å². The summed E-state index contributed by atoms with van der Waals surface area (Å²) < 4.78 is 51.3. The molecule has 3 aromatic rings. The van der Waals surface area contributed by atoms with Gasteiger partial charge in [-0.2, -0.15) is 18.4 Å². The van der Waals surface area contributed by atoms with Crippen LogP contribution in [0.3, 0.4) is 0 Å². The highest BCUT2D eigenvalue weighted by Gasteiger charge is 2.39. The molecule has 0 amide bonds. The van der Waals surface area contributed by atoms with Gasteiger partial charge in [0.15, 0.2) is 6.61 Å². The van der Waals surface area contributed by atoms with Crippen molar-refractivity contribution in [2.75, 3.05) is 6.61 Å². The first-order valence-corrected chi connectivity index (χ1v) is 8.04. The summed E-state index contributed by atoms with van der Waals surface area (Å²) >= 11 is 3.20. The average Bonchev–Trinajstić information content (AvgIpc) is 2.60. The van der Waals surface area contributed by atoms with Gasteiger partial charge in [0.05, 0.1) is 10.9 Å². The molecule has 0 N–H and O–H groups in total. The smallest absolute Gasteiger partial charge is 0.450 e. The van der Waals surface area contributed by atoms with Crippen LogP contribution in [0.15, 0.2) is 56.1 Å². The van der Waals surface area contributed by atoms with Crippen molar-refractivity contribution < 1.29 is 22.3 Å². The molecular weight excluding hydrogens is 415 g/mol. The lowest BCUT2D eigenvalue weighted by molar-refractivity contribution is -0.152. The summed E-state index contributed by atoms with van der Waals surface area (Å²) in [7, 11) is 0. The summed E-state index contributed by atoms with van der Waals surface area (Å²) in [4.78, 5) is 12.7. The molecule has 0 aliphatic heterocycles. The van der Waals surface area contributed by atoms with E-state index in [4.69, 9.17) is 14.4 Å². The minimum absolute atomic E-state index is 0.0137. The molecular formula is C18H9BrF3NO3. The van der Waals surface area contributed by atoms with Crippen LogP contribution in [-0.2, 0) is 6.18 Å². The first-order valence-electron chi connectivity index (χ1n) is 7.25. The van der Waals surface area contributed by atoms with Crippen LogP contribution in [0.4, 0.5) is 13.2 Å². The number of nitriles is 1. The Hall–Kier alpha value is -2.79. The molecule has 0 saturated carbocycles. The molecule has 3 rings (SSSR count). The molecule has 0 atom stereocenters. The predicted octanol–water partition coefficient (Wildman–Crippen LogP) is 5.14. The summed E-state index contributed by atoms with van der Waals surface area (Å²) in [6, 6.07) is 11.5. The summed E-state index contributed by atoms with van der Waals surface area (Å²) in [5.74, 6) is -1.25. The van der Waals surface area contributed by atoms with Gasteiger partial charge in [-0.1, -0.05) is 28.1 Å². The van der Waals surface area contributed by atoms with E-state index in [0.717, 1.165) is 6.07 Å². The third kappa shape index (κ3) is 3.44. The Morgan fingerprint density at radius 1 is 1.15 bits per heavy atom. The van der Waals surface area contributed by atoms with Crippen LogP contribution >= 0.6 is 15.9 Å². The predicted molar refractivity (Wildman–Crippen MR) is 91.7 cm³/mol. The highest BCUT2D eigenvalue weighted by molar-refractivity contribution is 9.10. The van der Waals surface area contributed by atoms with Crippen molar-refractivity contribution in [2.24, 2.45) is 0 Å². The molecule has 1 aromatic heterocycles. The molecule has 0 saturated heterocycles. The first-order chi connectivity index (χ1) is 12.3. The zero-order chi connectivity index (χ0) is 18.9. The molecule has 4 nitrogen and oxygen atoms in total. The molecule has 0 spiro atoms. The van der Waals surface area contributed by atoms with E-state index in [0.29, 0.717) is 4.47 Å². The van der Waals surface area contributed by atoms with Gasteiger partial charge in [0, 0.05) is 10.5 Å². The van der Waals surface area contributed by atoms with Crippen LogP contribution < -0.4 is 10.2 Å². The van der Waals surface area contributed by atoms with Gasteiger partial charge in [0.25, 0.3) is 0 Å². The van der Waals surface area contributed by atoms with Gasteiger partial charge in [-0.05, 0) is 29.8 Å². The summed E-state index contributed by atoms with van der Waals surface area (Å²) in [5.41, 5.74) is -1.52. The van der Waals surface area contributed by atoms with E-state index in [-0.39, 0.29) is 28.9 Å². The fraction of sp³-hybridized carbons (Fsp3) is 0.111. The van der Waals surface area contributed by atoms with Crippen molar-refractivity contribution >= 4 is 26.9 Å². The Morgan fingerprint density at radius 2 is 1.85 bits per heavy atom. The SMILES string of the molecule is N#CCOc1ccc2c(=O)c(-c3ccc(Br)cc3)c(C(F)(F)F)oc2c1. The highest BCUT2D eigenvalue weighted by atomic mass is 79.9. The molecule has 132 valence electrons. The van der Waals surface area contributed by atoms with Crippen LogP contribution in [0.1, 0.15) is 5.76 Å². The second kappa shape index (κ2) is 6.84. The third-order valence-corrected chi connectivity index (χ3v) is 4.09. The maximum Gasteiger partial charge on any atom is 0.450 e. The van der Waals surface area contributed by atoms with Crippen molar-refractivity contribution in [2.45, 2.75) is 6.18 Å². The Balaban J connectivity index is 2.30. The lowest BCUT2D eigenvalue weighted by Crippen LogP contribution is -2.16. The van der Waals surface area contributed by atoms with Crippen molar-refractivity contribution in [3.05, 3.63) is 62.9 Å². The number of hydrogen-bond donors (Lipinski definition) is 0. The van der Waals surface area contributed by atoms with E-state index in [9.17, 15) is 18.0 Å². The van der Waals surface area contributed by atoms with Crippen LogP contribution in [-0.4, -0.2) is 6.61 Å². The van der Waals surface area contributed by atoms with Crippen LogP contribution in [0.25, 0.3) is 22.1 Å². The maximum atomic E-state index is 13.5. The Labute approximate surface area is 153 Å². The monoisotopic (exact) mass is 423 g/mol. The van der Waals surface area contributed by atoms with E-state index in [1.165, 1.54) is 36.4 Å². The van der Waals surface area contributed by atoms with Gasteiger partial charge in [-0.3, -0.25) is 4.79 Å². The summed E-state index contributed by atoms with van der Waals surface area (Å²) in [5, 5.41) is 8.50. The van der Waals surface area contributed by atoms with Gasteiger partial charge in [0.2, 0.25) is 11.2 Å². The maximum absolute atomic E-state index is 13.5. The quantitative estimate of drug-likeness (QED) is 0.584. The zero-order valence-electron chi connectivity index (χ0n) is 12.9. The number of nitrogens with zero attached hydrogens (tertiary/aromatic N) is 1. The molecule has 0 radical (unpaired) electrons. The van der Waals surface area contributed by atoms with Crippen LogP contribution in [0.2, 0.25) is 0 Å². The minimum atomic E-state index is -4.86. The summed E-state index contributed by atoms with van der Waals surface area (Å²) in [6.45, 7) is -0.279. The second-order valence-electron chi connectivity index (χ2n) is 5.24. The minimum Gasteiger partial charge on any atom is -0.479 e. The first kappa shape index (κ1) is 18.0. The average molecular weight is 424 g/mol. The topological polar surface area (TPSA) is 63.2 Å². The molecule has 0 aliphatic carbocycles. The largest absolute Gasteiger partial charge is 0.479 e. The molecule has 2 aromatic carbocycles. The van der Waals surface area contributed by atoms with Crippen molar-refractivity contribution in [3.8, 4) is 22.9 Å². The number of hydrogen-bond acceptors (Lipinski definition) is 4. The molecule has 1 heterocycles. The van der Waals surface area contributed by atoms with Crippen molar-refractivity contribution in [1.82, 2.24) is 0 Å². The number of ether oxygens (including phenoxy) is 1. The lowest BCUT2D eigenvalue weighted by atomic mass is 10.0. The van der Waals surface area contributed by atoms with Gasteiger partial charge >= 0.3 is 6.18 Å². The Morgan fingerprint density at radius 3 is 2.46 bits per heavy atom. The van der Waals surface area contributed by atoms with E-state index < -0.39 is 22.9 Å². The van der Waals surface area contributed by atoms with Crippen LogP contribution in [0, 0.1) is 11.3 Å². The standard InChI is InChI=1S/C18H9BrF3NO3/c19-11-3-1-10(2-4-11)15-16(24)13-6-5-12(25-8-7-23)9-14(13)26-17(15)18(20,21)22/h1-6,9H,8H2. The molecule has 8 heteroatoms. The molecule has 26 heavy (non-hydrogen) atoms. The van der Waals surface area contributed by atoms with Gasteiger partial charge < -0.3 is 9.15 Å². The van der Waals surface area contributed by atoms with Gasteiger partial charge in [-0.25, -0.2) is 0 Å². The normalized spacial score (nSPS) is 11.3. The summed E-state index contributed by atoms with van der Waals surface area (Å²) in [6.07, 6.45) is -4.86. The van der Waals surface area contributed by atoms with Crippen molar-refractivity contribution in [3.63, 3.8) is 0 Å². The molecule has 0 unspecified atom stereocenters. The van der Waals surface area contributed by atoms with E-state index in [2.05, 4.69) is 15.9 Å².